The summed E-state index contributed by atoms with van der Waals surface area (Å²) in [6.45, 7) is 8.15. The predicted octanol–water partition coefficient (Wildman–Crippen LogP) is 9.94. The fraction of sp³-hybridized carbons (Fsp3) is 0.111. The summed E-state index contributed by atoms with van der Waals surface area (Å²) >= 11 is 0. The molecule has 1 nitrogen and oxygen atoms in total. The highest BCUT2D eigenvalue weighted by atomic mass is 14.8. The number of benzene rings is 4. The molecule has 0 bridgehead atoms. The van der Waals surface area contributed by atoms with Crippen LogP contribution in [0.25, 0.3) is 40.0 Å². The van der Waals surface area contributed by atoms with Crippen LogP contribution in [0.15, 0.2) is 122 Å². The van der Waals surface area contributed by atoms with Crippen molar-refractivity contribution in [3.05, 3.63) is 144 Å². The average molecular weight is 482 g/mol. The van der Waals surface area contributed by atoms with Gasteiger partial charge >= 0.3 is 0 Å². The molecule has 0 atom stereocenters. The molecule has 0 saturated heterocycles. The molecule has 37 heavy (non-hydrogen) atoms. The average Bonchev–Trinajstić information content (AvgIpc) is 2.96. The van der Waals surface area contributed by atoms with Crippen LogP contribution in [0.1, 0.15) is 36.1 Å². The number of anilines is 1. The number of hydrogen-bond acceptors (Lipinski definition) is 1. The Morgan fingerprint density at radius 3 is 1.92 bits per heavy atom. The molecule has 0 heterocycles. The Morgan fingerprint density at radius 1 is 0.757 bits per heavy atom. The Kier molecular flexibility index (Phi) is 8.73. The third-order valence-corrected chi connectivity index (χ3v) is 6.64. The third kappa shape index (κ3) is 6.45. The Balaban J connectivity index is 1.49. The normalized spacial score (nSPS) is 11.8. The summed E-state index contributed by atoms with van der Waals surface area (Å²) < 4.78 is 0. The predicted molar refractivity (Wildman–Crippen MR) is 165 cm³/mol. The van der Waals surface area contributed by atoms with Crippen molar-refractivity contribution in [2.24, 2.45) is 0 Å². The van der Waals surface area contributed by atoms with E-state index in [1.807, 2.05) is 20.0 Å². The van der Waals surface area contributed by atoms with Crippen LogP contribution < -0.4 is 5.32 Å². The lowest BCUT2D eigenvalue weighted by Crippen LogP contribution is -1.90. The summed E-state index contributed by atoms with van der Waals surface area (Å²) in [5.41, 5.74) is 12.1. The summed E-state index contributed by atoms with van der Waals surface area (Å²) in [7, 11) is 1.94. The van der Waals surface area contributed by atoms with Gasteiger partial charge in [0.1, 0.15) is 0 Å². The minimum absolute atomic E-state index is 0.853. The van der Waals surface area contributed by atoms with Crippen LogP contribution in [0.5, 0.6) is 0 Å². The topological polar surface area (TPSA) is 12.0 Å². The molecule has 4 rings (SSSR count). The van der Waals surface area contributed by atoms with Gasteiger partial charge in [0.05, 0.1) is 0 Å². The van der Waals surface area contributed by atoms with Crippen LogP contribution in [-0.4, -0.2) is 7.05 Å². The van der Waals surface area contributed by atoms with E-state index < -0.39 is 0 Å². The minimum atomic E-state index is 0.853. The van der Waals surface area contributed by atoms with Gasteiger partial charge in [0.15, 0.2) is 0 Å². The number of nitrogens with one attached hydrogen (secondary N) is 1. The monoisotopic (exact) mass is 481 g/mol. The van der Waals surface area contributed by atoms with Gasteiger partial charge in [-0.05, 0) is 82.5 Å². The van der Waals surface area contributed by atoms with Crippen molar-refractivity contribution < 1.29 is 0 Å². The van der Waals surface area contributed by atoms with Crippen LogP contribution in [-0.2, 0) is 6.42 Å². The maximum Gasteiger partial charge on any atom is 0.0337 e. The molecule has 0 unspecified atom stereocenters. The maximum absolute atomic E-state index is 4.03. The minimum Gasteiger partial charge on any atom is -0.388 e. The lowest BCUT2D eigenvalue weighted by atomic mass is 9.95. The van der Waals surface area contributed by atoms with Gasteiger partial charge in [-0.3, -0.25) is 0 Å². The zero-order chi connectivity index (χ0) is 26.0. The third-order valence-electron chi connectivity index (χ3n) is 6.64. The van der Waals surface area contributed by atoms with Crippen molar-refractivity contribution in [3.8, 4) is 22.3 Å². The van der Waals surface area contributed by atoms with Gasteiger partial charge in [0.25, 0.3) is 0 Å². The van der Waals surface area contributed by atoms with E-state index in [0.29, 0.717) is 0 Å². The highest BCUT2D eigenvalue weighted by molar-refractivity contribution is 5.75. The number of allylic oxidation sites excluding steroid dienone is 5. The van der Waals surface area contributed by atoms with E-state index in [4.69, 9.17) is 0 Å². The van der Waals surface area contributed by atoms with Gasteiger partial charge in [-0.15, -0.1) is 0 Å². The molecule has 0 amide bonds. The lowest BCUT2D eigenvalue weighted by Gasteiger charge is -2.10. The maximum atomic E-state index is 4.03. The molecule has 0 aliphatic heterocycles. The van der Waals surface area contributed by atoms with Crippen molar-refractivity contribution in [1.29, 1.82) is 0 Å². The van der Waals surface area contributed by atoms with Gasteiger partial charge in [0.2, 0.25) is 0 Å². The summed E-state index contributed by atoms with van der Waals surface area (Å²) in [5.74, 6) is 0. The van der Waals surface area contributed by atoms with Crippen molar-refractivity contribution in [3.63, 3.8) is 0 Å². The second-order valence-corrected chi connectivity index (χ2v) is 8.99. The highest BCUT2D eigenvalue weighted by Gasteiger charge is 2.05. The van der Waals surface area contributed by atoms with E-state index in [1.54, 1.807) is 0 Å². The second-order valence-electron chi connectivity index (χ2n) is 8.99. The van der Waals surface area contributed by atoms with Gasteiger partial charge in [-0.25, -0.2) is 0 Å². The zero-order valence-corrected chi connectivity index (χ0v) is 22.0. The molecule has 0 fully saturated rings. The smallest absolute Gasteiger partial charge is 0.0337 e. The SMILES string of the molecule is C=Cc1ccc(-c2ccc(-c3ccc(NC)cc3)cc2)cc1CC=Cc1ccc(C(/C=C\C)=C/C)cc1. The highest BCUT2D eigenvalue weighted by Crippen LogP contribution is 2.28. The van der Waals surface area contributed by atoms with Crippen LogP contribution in [0, 0.1) is 0 Å². The molecule has 0 aliphatic rings. The first-order valence-electron chi connectivity index (χ1n) is 12.8. The number of rotatable bonds is 9. The summed E-state index contributed by atoms with van der Waals surface area (Å²) in [5, 5.41) is 3.17. The van der Waals surface area contributed by atoms with Crippen molar-refractivity contribution in [2.45, 2.75) is 20.3 Å². The quantitative estimate of drug-likeness (QED) is 0.235. The summed E-state index contributed by atoms with van der Waals surface area (Å²) in [6.07, 6.45) is 13.6. The molecular formula is C36H35N. The molecule has 4 aromatic rings. The first-order valence-corrected chi connectivity index (χ1v) is 12.8. The molecule has 0 aromatic heterocycles. The number of hydrogen-bond donors (Lipinski definition) is 1. The second kappa shape index (κ2) is 12.6. The van der Waals surface area contributed by atoms with E-state index >= 15 is 0 Å². The molecule has 0 saturated carbocycles. The molecule has 4 aromatic carbocycles. The van der Waals surface area contributed by atoms with Crippen LogP contribution in [0.4, 0.5) is 5.69 Å². The van der Waals surface area contributed by atoms with E-state index in [1.165, 1.54) is 50.1 Å². The molecule has 0 aliphatic carbocycles. The molecule has 0 spiro atoms. The van der Waals surface area contributed by atoms with E-state index in [0.717, 1.165) is 12.1 Å². The first kappa shape index (κ1) is 25.7. The molecular weight excluding hydrogens is 446 g/mol. The molecule has 184 valence electrons. The van der Waals surface area contributed by atoms with E-state index in [-0.39, 0.29) is 0 Å². The standard InChI is InChI=1S/C36H35N/c1-5-9-28(6-2)30-14-12-27(13-15-30)10-8-11-34-26-35(21-16-29(34)7-3)33-19-17-31(18-20-33)32-22-24-36(37-4)25-23-32/h5-10,12-26,37H,3,11H2,1-2,4H3/b9-5-,10-8?,28-6+. The van der Waals surface area contributed by atoms with Crippen LogP contribution >= 0.6 is 0 Å². The van der Waals surface area contributed by atoms with Crippen molar-refractivity contribution in [1.82, 2.24) is 0 Å². The van der Waals surface area contributed by atoms with Crippen molar-refractivity contribution >= 4 is 23.4 Å². The molecule has 1 heteroatoms. The van der Waals surface area contributed by atoms with Gasteiger partial charge in [-0.2, -0.15) is 0 Å². The van der Waals surface area contributed by atoms with Crippen LogP contribution in [0.3, 0.4) is 0 Å². The molecule has 0 radical (unpaired) electrons. The summed E-state index contributed by atoms with van der Waals surface area (Å²) in [6, 6.07) is 32.7. The first-order chi connectivity index (χ1) is 18.1. The van der Waals surface area contributed by atoms with Gasteiger partial charge in [-0.1, -0.05) is 122 Å². The fourth-order valence-electron chi connectivity index (χ4n) is 4.49. The Hall–Kier alpha value is -4.36. The van der Waals surface area contributed by atoms with E-state index in [9.17, 15) is 0 Å². The van der Waals surface area contributed by atoms with Gasteiger partial charge in [0, 0.05) is 12.7 Å². The van der Waals surface area contributed by atoms with Crippen LogP contribution in [0.2, 0.25) is 0 Å². The van der Waals surface area contributed by atoms with E-state index in [2.05, 4.69) is 140 Å². The Labute approximate surface area is 222 Å². The van der Waals surface area contributed by atoms with Gasteiger partial charge < -0.3 is 5.32 Å². The lowest BCUT2D eigenvalue weighted by molar-refractivity contribution is 1.27. The summed E-state index contributed by atoms with van der Waals surface area (Å²) in [4.78, 5) is 0. The largest absolute Gasteiger partial charge is 0.388 e. The zero-order valence-electron chi connectivity index (χ0n) is 22.0. The Morgan fingerprint density at radius 2 is 1.35 bits per heavy atom. The fourth-order valence-corrected chi connectivity index (χ4v) is 4.49. The van der Waals surface area contributed by atoms with Crippen molar-refractivity contribution in [2.75, 3.05) is 12.4 Å². The Bertz CT molecular complexity index is 1410. The molecule has 1 N–H and O–H groups in total.